The number of ether oxygens (including phenoxy) is 2. The lowest BCUT2D eigenvalue weighted by molar-refractivity contribution is -0.141. The van der Waals surface area contributed by atoms with Crippen LogP contribution < -0.4 is 16.0 Å². The zero-order valence-electron chi connectivity index (χ0n) is 22.3. The molecule has 1 aromatic heterocycles. The van der Waals surface area contributed by atoms with Gasteiger partial charge in [0, 0.05) is 24.0 Å². The van der Waals surface area contributed by atoms with Crippen molar-refractivity contribution in [1.82, 2.24) is 15.2 Å². The van der Waals surface area contributed by atoms with Crippen LogP contribution in [0.15, 0.2) is 60.8 Å². The summed E-state index contributed by atoms with van der Waals surface area (Å²) >= 11 is 0. The van der Waals surface area contributed by atoms with Gasteiger partial charge in [0.1, 0.15) is 24.8 Å². The van der Waals surface area contributed by atoms with Crippen LogP contribution in [0.4, 0.5) is 15.9 Å². The Morgan fingerprint density at radius 2 is 1.88 bits per heavy atom. The van der Waals surface area contributed by atoms with Gasteiger partial charge in [0.05, 0.1) is 31.4 Å². The Morgan fingerprint density at radius 1 is 1.07 bits per heavy atom. The number of aromatic nitrogens is 1. The van der Waals surface area contributed by atoms with Gasteiger partial charge >= 0.3 is 0 Å². The topological polar surface area (TPSA) is 122 Å². The van der Waals surface area contributed by atoms with Gasteiger partial charge in [0.2, 0.25) is 17.7 Å². The maximum atomic E-state index is 13.7. The third-order valence-electron chi connectivity index (χ3n) is 7.87. The Labute approximate surface area is 236 Å². The molecule has 3 aromatic rings. The number of nitrogens with zero attached hydrogens (tertiary/aromatic N) is 2. The highest BCUT2D eigenvalue weighted by atomic mass is 19.1. The van der Waals surface area contributed by atoms with Crippen molar-refractivity contribution in [2.75, 3.05) is 50.3 Å². The van der Waals surface area contributed by atoms with Crippen LogP contribution in [0.5, 0.6) is 0 Å². The molecule has 3 aliphatic rings. The first-order valence-corrected chi connectivity index (χ1v) is 13.5. The summed E-state index contributed by atoms with van der Waals surface area (Å²) in [5.74, 6) is -0.626. The standard InChI is InChI=1S/C30H30FN5O5/c31-22-6-3-19(4-7-22)25-15-32-18-41-11-10-40-17-27(38)36(25)16-26(37)34-23-8-5-20-13-30(14-21(20)12-23)24-2-1-9-33-28(24)35-29(30)39/h1-9,12,25,32H,10-11,13-18H2,(H,34,37)(H,33,35,39)/t25?,30-/m1/s1. The van der Waals surface area contributed by atoms with E-state index >= 15 is 0 Å². The fourth-order valence-corrected chi connectivity index (χ4v) is 5.87. The van der Waals surface area contributed by atoms with Gasteiger partial charge in [0.15, 0.2) is 0 Å². The minimum atomic E-state index is -0.708. The van der Waals surface area contributed by atoms with Gasteiger partial charge in [-0.05, 0) is 59.9 Å². The second-order valence-electron chi connectivity index (χ2n) is 10.5. The van der Waals surface area contributed by atoms with E-state index in [4.69, 9.17) is 9.47 Å². The minimum absolute atomic E-state index is 0.0702. The fraction of sp³-hybridized carbons (Fsp3) is 0.333. The monoisotopic (exact) mass is 559 g/mol. The first kappa shape index (κ1) is 27.0. The lowest BCUT2D eigenvalue weighted by Crippen LogP contribution is -2.45. The number of hydrogen-bond acceptors (Lipinski definition) is 7. The number of nitrogens with one attached hydrogen (secondary N) is 3. The molecule has 1 unspecified atom stereocenters. The van der Waals surface area contributed by atoms with Crippen molar-refractivity contribution in [1.29, 1.82) is 0 Å². The van der Waals surface area contributed by atoms with E-state index in [1.165, 1.54) is 17.0 Å². The predicted molar refractivity (Wildman–Crippen MR) is 148 cm³/mol. The molecule has 1 aliphatic carbocycles. The Hall–Kier alpha value is -4.19. The first-order valence-electron chi connectivity index (χ1n) is 13.5. The maximum absolute atomic E-state index is 13.7. The van der Waals surface area contributed by atoms with E-state index < -0.39 is 23.2 Å². The molecule has 1 fully saturated rings. The highest BCUT2D eigenvalue weighted by Crippen LogP contribution is 2.46. The van der Waals surface area contributed by atoms with Gasteiger partial charge in [-0.3, -0.25) is 19.7 Å². The van der Waals surface area contributed by atoms with Crippen molar-refractivity contribution in [2.45, 2.75) is 24.3 Å². The smallest absolute Gasteiger partial charge is 0.249 e. The van der Waals surface area contributed by atoms with E-state index in [2.05, 4.69) is 20.9 Å². The zero-order chi connectivity index (χ0) is 28.4. The van der Waals surface area contributed by atoms with Gasteiger partial charge in [0.25, 0.3) is 0 Å². The molecule has 1 saturated heterocycles. The molecular weight excluding hydrogens is 529 g/mol. The Morgan fingerprint density at radius 3 is 2.73 bits per heavy atom. The Bertz CT molecular complexity index is 1480. The highest BCUT2D eigenvalue weighted by Gasteiger charge is 2.51. The maximum Gasteiger partial charge on any atom is 0.249 e. The van der Waals surface area contributed by atoms with Crippen LogP contribution in [0.25, 0.3) is 0 Å². The van der Waals surface area contributed by atoms with Crippen molar-refractivity contribution in [3.63, 3.8) is 0 Å². The van der Waals surface area contributed by atoms with Crippen molar-refractivity contribution < 1.29 is 28.2 Å². The van der Waals surface area contributed by atoms with E-state index in [0.717, 1.165) is 16.7 Å². The van der Waals surface area contributed by atoms with Crippen LogP contribution in [-0.4, -0.2) is 67.2 Å². The third-order valence-corrected chi connectivity index (χ3v) is 7.87. The molecule has 2 aliphatic heterocycles. The van der Waals surface area contributed by atoms with E-state index in [9.17, 15) is 18.8 Å². The number of benzene rings is 2. The number of hydrogen-bond donors (Lipinski definition) is 3. The summed E-state index contributed by atoms with van der Waals surface area (Å²) in [5.41, 5.74) is 3.44. The molecule has 0 bridgehead atoms. The molecule has 0 radical (unpaired) electrons. The van der Waals surface area contributed by atoms with Crippen LogP contribution >= 0.6 is 0 Å². The quantitative estimate of drug-likeness (QED) is 0.449. The average Bonchev–Trinajstić information content (AvgIpc) is 3.47. The third kappa shape index (κ3) is 5.43. The van der Waals surface area contributed by atoms with Crippen LogP contribution in [0, 0.1) is 5.82 Å². The number of halogens is 1. The number of carbonyl (C=O) groups excluding carboxylic acids is 3. The van der Waals surface area contributed by atoms with E-state index in [-0.39, 0.29) is 38.3 Å². The van der Waals surface area contributed by atoms with Gasteiger partial charge < -0.3 is 25.0 Å². The van der Waals surface area contributed by atoms with Crippen molar-refractivity contribution in [3.8, 4) is 0 Å². The van der Waals surface area contributed by atoms with E-state index in [1.807, 2.05) is 24.3 Å². The second kappa shape index (κ2) is 11.4. The molecule has 0 saturated carbocycles. The molecule has 3 amide bonds. The molecule has 10 nitrogen and oxygen atoms in total. The van der Waals surface area contributed by atoms with E-state index in [0.29, 0.717) is 43.1 Å². The van der Waals surface area contributed by atoms with Gasteiger partial charge in [-0.2, -0.15) is 0 Å². The Kier molecular flexibility index (Phi) is 7.48. The molecular formula is C30H30FN5O5. The predicted octanol–water partition coefficient (Wildman–Crippen LogP) is 2.31. The summed E-state index contributed by atoms with van der Waals surface area (Å²) in [6.07, 6.45) is 2.71. The Balaban J connectivity index is 1.20. The van der Waals surface area contributed by atoms with Crippen LogP contribution in [0.3, 0.4) is 0 Å². The molecule has 3 N–H and O–H groups in total. The SMILES string of the molecule is O=C(CN1C(=O)COCCOCNCC1c1ccc(F)cc1)Nc1ccc2c(c1)C[C@@]1(C2)C(=O)Nc2ncccc21. The summed E-state index contributed by atoms with van der Waals surface area (Å²) in [6, 6.07) is 14.7. The lowest BCUT2D eigenvalue weighted by atomic mass is 9.79. The zero-order valence-corrected chi connectivity index (χ0v) is 22.3. The van der Waals surface area contributed by atoms with Crippen LogP contribution in [0.2, 0.25) is 0 Å². The van der Waals surface area contributed by atoms with Gasteiger partial charge in [-0.25, -0.2) is 9.37 Å². The van der Waals surface area contributed by atoms with Crippen molar-refractivity contribution in [3.05, 3.63) is 88.9 Å². The molecule has 212 valence electrons. The van der Waals surface area contributed by atoms with Crippen LogP contribution in [-0.2, 0) is 42.1 Å². The first-order chi connectivity index (χ1) is 19.9. The van der Waals surface area contributed by atoms with Crippen LogP contribution in [0.1, 0.15) is 28.3 Å². The minimum Gasteiger partial charge on any atom is -0.369 e. The highest BCUT2D eigenvalue weighted by molar-refractivity contribution is 6.06. The molecule has 2 aromatic carbocycles. The number of rotatable bonds is 4. The normalized spacial score (nSPS) is 22.6. The summed E-state index contributed by atoms with van der Waals surface area (Å²) < 4.78 is 24.6. The molecule has 6 rings (SSSR count). The number of fused-ring (bicyclic) bond motifs is 3. The van der Waals surface area contributed by atoms with Crippen molar-refractivity contribution >= 4 is 29.2 Å². The molecule has 11 heteroatoms. The number of amides is 3. The summed E-state index contributed by atoms with van der Waals surface area (Å²) in [6.45, 7) is 0.645. The van der Waals surface area contributed by atoms with E-state index in [1.54, 1.807) is 24.4 Å². The molecule has 41 heavy (non-hydrogen) atoms. The molecule has 2 atom stereocenters. The average molecular weight is 560 g/mol. The van der Waals surface area contributed by atoms with Crippen molar-refractivity contribution in [2.24, 2.45) is 0 Å². The lowest BCUT2D eigenvalue weighted by Gasteiger charge is -2.32. The largest absolute Gasteiger partial charge is 0.369 e. The van der Waals surface area contributed by atoms with Gasteiger partial charge in [-0.15, -0.1) is 0 Å². The fourth-order valence-electron chi connectivity index (χ4n) is 5.87. The van der Waals surface area contributed by atoms with Gasteiger partial charge in [-0.1, -0.05) is 24.3 Å². The number of pyridine rings is 1. The molecule has 3 heterocycles. The summed E-state index contributed by atoms with van der Waals surface area (Å²) in [4.78, 5) is 45.3. The summed E-state index contributed by atoms with van der Waals surface area (Å²) in [5, 5.41) is 8.97. The number of anilines is 2. The molecule has 1 spiro atoms. The number of carbonyl (C=O) groups is 3. The summed E-state index contributed by atoms with van der Waals surface area (Å²) in [7, 11) is 0. The second-order valence-corrected chi connectivity index (χ2v) is 10.5.